The van der Waals surface area contributed by atoms with Gasteiger partial charge in [0, 0.05) is 0 Å². The van der Waals surface area contributed by atoms with Crippen molar-refractivity contribution in [3.8, 4) is 0 Å². The second kappa shape index (κ2) is 23.5. The second-order valence-corrected chi connectivity index (χ2v) is 6.49. The van der Waals surface area contributed by atoms with Crippen LogP contribution in [0.1, 0.15) is 110 Å². The van der Waals surface area contributed by atoms with Crippen molar-refractivity contribution in [2.45, 2.75) is 110 Å². The quantitative estimate of drug-likeness (QED) is 0.232. The van der Waals surface area contributed by atoms with Crippen LogP contribution in [0.2, 0.25) is 0 Å². The molecular formula is C19H39BrMg. The van der Waals surface area contributed by atoms with E-state index in [-0.39, 0.29) is 40.0 Å². The third-order valence-corrected chi connectivity index (χ3v) is 4.05. The average molecular weight is 372 g/mol. The van der Waals surface area contributed by atoms with Gasteiger partial charge < -0.3 is 23.9 Å². The van der Waals surface area contributed by atoms with Gasteiger partial charge in [0.1, 0.15) is 0 Å². The van der Waals surface area contributed by atoms with Crippen molar-refractivity contribution in [1.29, 1.82) is 0 Å². The first kappa shape index (κ1) is 27.1. The standard InChI is InChI=1S/C19H39.BrH.Mg/c1-4-5-6-7-8-9-10-11-12-13-14-15-16-17-18-19(2)3;;/h19H,2,4-18H2,1,3H3;1H;/q-1;;+2/p-1. The molecule has 0 saturated carbocycles. The van der Waals surface area contributed by atoms with Gasteiger partial charge in [-0.05, 0) is 0 Å². The molecule has 21 heavy (non-hydrogen) atoms. The molecule has 1 unspecified atom stereocenters. The van der Waals surface area contributed by atoms with Gasteiger partial charge in [0.05, 0.1) is 0 Å². The molecule has 1 atom stereocenters. The first-order valence-corrected chi connectivity index (χ1v) is 9.10. The van der Waals surface area contributed by atoms with Crippen molar-refractivity contribution < 1.29 is 17.0 Å². The molecule has 0 aromatic heterocycles. The Kier molecular flexibility index (Phi) is 30.4. The Hall–Kier alpha value is 1.25. The SMILES string of the molecule is [Br-].[CH2-]C(C)CCCCCCCCCCCCCCCC.[Mg+2]. The third kappa shape index (κ3) is 26.5. The van der Waals surface area contributed by atoms with Crippen LogP contribution in [0, 0.1) is 12.8 Å². The summed E-state index contributed by atoms with van der Waals surface area (Å²) in [5.74, 6) is 0.650. The summed E-state index contributed by atoms with van der Waals surface area (Å²) in [6.07, 6.45) is 21.6. The summed E-state index contributed by atoms with van der Waals surface area (Å²) < 4.78 is 0. The summed E-state index contributed by atoms with van der Waals surface area (Å²) in [7, 11) is 0. The van der Waals surface area contributed by atoms with E-state index in [2.05, 4.69) is 20.8 Å². The molecule has 0 aromatic carbocycles. The largest absolute Gasteiger partial charge is 2.00 e. The molecule has 0 rings (SSSR count). The number of rotatable bonds is 15. The number of unbranched alkanes of at least 4 members (excludes halogenated alkanes) is 13. The molecule has 0 aliphatic rings. The maximum atomic E-state index is 4.04. The van der Waals surface area contributed by atoms with Gasteiger partial charge in [0.25, 0.3) is 0 Å². The van der Waals surface area contributed by atoms with Crippen LogP contribution in [0.3, 0.4) is 0 Å². The van der Waals surface area contributed by atoms with Gasteiger partial charge >= 0.3 is 23.1 Å². The molecule has 0 bridgehead atoms. The van der Waals surface area contributed by atoms with Gasteiger partial charge in [-0.3, -0.25) is 0 Å². The third-order valence-electron chi connectivity index (χ3n) is 4.05. The van der Waals surface area contributed by atoms with Gasteiger partial charge in [0.15, 0.2) is 0 Å². The van der Waals surface area contributed by atoms with E-state index in [1.807, 2.05) is 0 Å². The molecule has 0 nitrogen and oxygen atoms in total. The maximum absolute atomic E-state index is 4.04. The van der Waals surface area contributed by atoms with Crippen molar-refractivity contribution in [3.63, 3.8) is 0 Å². The summed E-state index contributed by atoms with van der Waals surface area (Å²) in [6.45, 7) is 8.55. The molecule has 0 heterocycles. The Bertz CT molecular complexity index is 160. The zero-order valence-electron chi connectivity index (χ0n) is 15.0. The summed E-state index contributed by atoms with van der Waals surface area (Å²) >= 11 is 0. The second-order valence-electron chi connectivity index (χ2n) is 6.49. The molecule has 0 fully saturated rings. The first-order chi connectivity index (χ1) is 9.27. The average Bonchev–Trinajstić information content (AvgIpc) is 2.39. The van der Waals surface area contributed by atoms with Crippen molar-refractivity contribution in [2.75, 3.05) is 0 Å². The number of hydrogen-bond donors (Lipinski definition) is 0. The van der Waals surface area contributed by atoms with Crippen LogP contribution in [-0.2, 0) is 0 Å². The van der Waals surface area contributed by atoms with Gasteiger partial charge in [-0.1, -0.05) is 110 Å². The molecule has 0 N–H and O–H groups in total. The van der Waals surface area contributed by atoms with Gasteiger partial charge in [-0.2, -0.15) is 5.92 Å². The Morgan fingerprint density at radius 1 is 0.619 bits per heavy atom. The van der Waals surface area contributed by atoms with Crippen LogP contribution >= 0.6 is 0 Å². The van der Waals surface area contributed by atoms with E-state index >= 15 is 0 Å². The van der Waals surface area contributed by atoms with Crippen LogP contribution < -0.4 is 17.0 Å². The fourth-order valence-electron chi connectivity index (χ4n) is 2.69. The van der Waals surface area contributed by atoms with Gasteiger partial charge in [-0.25, -0.2) is 0 Å². The zero-order valence-corrected chi connectivity index (χ0v) is 18.0. The van der Waals surface area contributed by atoms with Crippen LogP contribution in [0.5, 0.6) is 0 Å². The molecule has 0 aromatic rings. The Balaban J connectivity index is -0.00000162. The normalized spacial score (nSPS) is 11.6. The van der Waals surface area contributed by atoms with Crippen molar-refractivity contribution in [3.05, 3.63) is 6.92 Å². The Labute approximate surface area is 162 Å². The zero-order chi connectivity index (χ0) is 14.2. The first-order valence-electron chi connectivity index (χ1n) is 9.10. The summed E-state index contributed by atoms with van der Waals surface area (Å²) in [6, 6.07) is 0. The monoisotopic (exact) mass is 370 g/mol. The maximum Gasteiger partial charge on any atom is 2.00 e. The van der Waals surface area contributed by atoms with E-state index in [4.69, 9.17) is 0 Å². The molecule has 2 heteroatoms. The van der Waals surface area contributed by atoms with Crippen molar-refractivity contribution in [2.24, 2.45) is 5.92 Å². The molecule has 0 radical (unpaired) electrons. The van der Waals surface area contributed by atoms with Crippen LogP contribution in [0.25, 0.3) is 0 Å². The van der Waals surface area contributed by atoms with E-state index in [0.29, 0.717) is 5.92 Å². The van der Waals surface area contributed by atoms with Crippen LogP contribution in [0.4, 0.5) is 0 Å². The molecule has 0 spiro atoms. The molecule has 0 aliphatic heterocycles. The molecule has 0 aliphatic carbocycles. The topological polar surface area (TPSA) is 0 Å². The van der Waals surface area contributed by atoms with Gasteiger partial charge in [0.2, 0.25) is 0 Å². The summed E-state index contributed by atoms with van der Waals surface area (Å²) in [5.41, 5.74) is 0. The van der Waals surface area contributed by atoms with Gasteiger partial charge in [-0.15, -0.1) is 0 Å². The minimum atomic E-state index is 0. The summed E-state index contributed by atoms with van der Waals surface area (Å²) in [4.78, 5) is 0. The van der Waals surface area contributed by atoms with Crippen molar-refractivity contribution >= 4 is 23.1 Å². The van der Waals surface area contributed by atoms with E-state index in [1.54, 1.807) is 0 Å². The Morgan fingerprint density at radius 3 is 1.19 bits per heavy atom. The smallest absolute Gasteiger partial charge is 1.00 e. The Morgan fingerprint density at radius 2 is 0.905 bits per heavy atom. The predicted molar refractivity (Wildman–Crippen MR) is 95.2 cm³/mol. The fraction of sp³-hybridized carbons (Fsp3) is 0.947. The minimum Gasteiger partial charge on any atom is -1.00 e. The minimum absolute atomic E-state index is 0. The van der Waals surface area contributed by atoms with Crippen molar-refractivity contribution in [1.82, 2.24) is 0 Å². The van der Waals surface area contributed by atoms with E-state index in [1.165, 1.54) is 96.3 Å². The van der Waals surface area contributed by atoms with E-state index in [9.17, 15) is 0 Å². The van der Waals surface area contributed by atoms with E-state index < -0.39 is 0 Å². The van der Waals surface area contributed by atoms with Crippen LogP contribution in [0.15, 0.2) is 0 Å². The molecule has 124 valence electrons. The summed E-state index contributed by atoms with van der Waals surface area (Å²) in [5, 5.41) is 0. The molecule has 0 amide bonds. The van der Waals surface area contributed by atoms with E-state index in [0.717, 1.165) is 0 Å². The van der Waals surface area contributed by atoms with Crippen LogP contribution in [-0.4, -0.2) is 23.1 Å². The molecular weight excluding hydrogens is 332 g/mol. The predicted octanol–water partition coefficient (Wildman–Crippen LogP) is 3.95. The number of halogens is 1. The molecule has 0 saturated heterocycles. The fourth-order valence-corrected chi connectivity index (χ4v) is 2.69. The number of hydrogen-bond acceptors (Lipinski definition) is 0.